The van der Waals surface area contributed by atoms with Crippen molar-refractivity contribution in [1.82, 2.24) is 4.90 Å². The number of nitrogens with two attached hydrogens (primary N) is 1. The molecule has 2 rings (SSSR count). The molecule has 1 aliphatic rings. The number of benzene rings is 1. The summed E-state index contributed by atoms with van der Waals surface area (Å²) in [6, 6.07) is 8.97. The summed E-state index contributed by atoms with van der Waals surface area (Å²) in [6.45, 7) is 5.35. The van der Waals surface area contributed by atoms with Gasteiger partial charge in [-0.3, -0.25) is 9.59 Å². The third-order valence-corrected chi connectivity index (χ3v) is 4.60. The van der Waals surface area contributed by atoms with Gasteiger partial charge >= 0.3 is 5.97 Å². The van der Waals surface area contributed by atoms with Gasteiger partial charge in [0.25, 0.3) is 0 Å². The van der Waals surface area contributed by atoms with E-state index in [4.69, 9.17) is 10.5 Å². The number of hydrogen-bond acceptors (Lipinski definition) is 5. The summed E-state index contributed by atoms with van der Waals surface area (Å²) in [4.78, 5) is 26.4. The van der Waals surface area contributed by atoms with E-state index >= 15 is 0 Å². The fourth-order valence-electron chi connectivity index (χ4n) is 2.49. The molecule has 0 radical (unpaired) electrons. The first kappa shape index (κ1) is 17.8. The Morgan fingerprint density at radius 3 is 2.57 bits per heavy atom. The van der Waals surface area contributed by atoms with Gasteiger partial charge in [0, 0.05) is 11.5 Å². The van der Waals surface area contributed by atoms with Crippen molar-refractivity contribution in [3.8, 4) is 0 Å². The smallest absolute Gasteiger partial charge is 0.326 e. The Hall–Kier alpha value is -1.53. The minimum atomic E-state index is -0.587. The molecular weight excluding hydrogens is 312 g/mol. The van der Waals surface area contributed by atoms with Gasteiger partial charge < -0.3 is 15.4 Å². The van der Waals surface area contributed by atoms with E-state index in [1.807, 2.05) is 51.1 Å². The molecule has 0 unspecified atom stereocenters. The molecule has 5 nitrogen and oxygen atoms in total. The molecule has 0 spiro atoms. The van der Waals surface area contributed by atoms with Crippen LogP contribution >= 0.6 is 11.8 Å². The van der Waals surface area contributed by atoms with Gasteiger partial charge in [0.1, 0.15) is 12.1 Å². The summed E-state index contributed by atoms with van der Waals surface area (Å²) < 4.78 is 5.37. The lowest BCUT2D eigenvalue weighted by Crippen LogP contribution is -2.48. The Bertz CT molecular complexity index is 557. The first-order chi connectivity index (χ1) is 10.8. The molecule has 6 heteroatoms. The van der Waals surface area contributed by atoms with Crippen molar-refractivity contribution >= 4 is 23.6 Å². The first-order valence-corrected chi connectivity index (χ1v) is 8.84. The number of carbonyl (C=O) groups excluding carboxylic acids is 2. The molecule has 1 amide bonds. The van der Waals surface area contributed by atoms with Crippen molar-refractivity contribution in [1.29, 1.82) is 0 Å². The van der Waals surface area contributed by atoms with Crippen molar-refractivity contribution < 1.29 is 14.3 Å². The van der Waals surface area contributed by atoms with Crippen LogP contribution in [0.15, 0.2) is 30.3 Å². The minimum absolute atomic E-state index is 0.0794. The maximum absolute atomic E-state index is 12.6. The minimum Gasteiger partial charge on any atom is -0.459 e. The molecule has 0 bridgehead atoms. The second-order valence-electron chi connectivity index (χ2n) is 6.62. The Morgan fingerprint density at radius 2 is 1.96 bits per heavy atom. The normalized spacial score (nSPS) is 22.6. The number of thioether (sulfide) groups is 1. The van der Waals surface area contributed by atoms with E-state index in [1.54, 1.807) is 16.7 Å². The Morgan fingerprint density at radius 1 is 1.30 bits per heavy atom. The van der Waals surface area contributed by atoms with Crippen LogP contribution in [0.2, 0.25) is 0 Å². The number of rotatable bonds is 3. The second-order valence-corrected chi connectivity index (χ2v) is 7.70. The molecule has 0 aromatic heterocycles. The summed E-state index contributed by atoms with van der Waals surface area (Å²) >= 11 is 1.63. The van der Waals surface area contributed by atoms with Crippen LogP contribution in [0.5, 0.6) is 0 Å². The maximum Gasteiger partial charge on any atom is 0.326 e. The number of hydrogen-bond donors (Lipinski definition) is 1. The molecule has 23 heavy (non-hydrogen) atoms. The average Bonchev–Trinajstić information content (AvgIpc) is 2.60. The van der Waals surface area contributed by atoms with Crippen molar-refractivity contribution in [3.05, 3.63) is 35.9 Å². The summed E-state index contributed by atoms with van der Waals surface area (Å²) in [5.41, 5.74) is 6.38. The predicted molar refractivity (Wildman–Crippen MR) is 92.0 cm³/mol. The molecule has 1 aromatic rings. The van der Waals surface area contributed by atoms with Crippen molar-refractivity contribution in [2.75, 3.05) is 18.1 Å². The van der Waals surface area contributed by atoms with Gasteiger partial charge in [-0.25, -0.2) is 0 Å². The van der Waals surface area contributed by atoms with Crippen LogP contribution in [-0.4, -0.2) is 46.5 Å². The van der Waals surface area contributed by atoms with E-state index in [0.29, 0.717) is 11.5 Å². The average molecular weight is 336 g/mol. The highest BCUT2D eigenvalue weighted by Gasteiger charge is 2.34. The fraction of sp³-hybridized carbons (Fsp3) is 0.529. The third-order valence-electron chi connectivity index (χ3n) is 3.45. The summed E-state index contributed by atoms with van der Waals surface area (Å²) in [5, 5.41) is 0. The largest absolute Gasteiger partial charge is 0.459 e. The molecule has 0 aliphatic carbocycles. The number of amides is 1. The molecule has 2 N–H and O–H groups in total. The molecule has 1 fully saturated rings. The highest BCUT2D eigenvalue weighted by molar-refractivity contribution is 7.99. The van der Waals surface area contributed by atoms with Crippen molar-refractivity contribution in [3.63, 3.8) is 0 Å². The predicted octanol–water partition coefficient (Wildman–Crippen LogP) is 1.97. The van der Waals surface area contributed by atoms with E-state index in [2.05, 4.69) is 0 Å². The quantitative estimate of drug-likeness (QED) is 0.855. The highest BCUT2D eigenvalue weighted by Crippen LogP contribution is 2.29. The Labute approximate surface area is 141 Å². The zero-order chi connectivity index (χ0) is 17.0. The van der Waals surface area contributed by atoms with Crippen LogP contribution in [0.4, 0.5) is 0 Å². The molecule has 1 aromatic carbocycles. The summed E-state index contributed by atoms with van der Waals surface area (Å²) in [5.74, 6) is 0.666. The van der Waals surface area contributed by atoms with E-state index in [-0.39, 0.29) is 18.5 Å². The van der Waals surface area contributed by atoms with E-state index in [0.717, 1.165) is 5.56 Å². The molecule has 2 atom stereocenters. The van der Waals surface area contributed by atoms with Crippen LogP contribution in [0.3, 0.4) is 0 Å². The van der Waals surface area contributed by atoms with Gasteiger partial charge in [-0.05, 0) is 26.3 Å². The zero-order valence-corrected chi connectivity index (χ0v) is 14.6. The standard InChI is InChI=1S/C17H24N2O3S/c1-17(2,3)22-15(20)9-19-14(12-7-5-4-6-8-12)11-23-10-13(18)16(19)21/h4-8,13-14H,9-11,18H2,1-3H3/t13-,14-/m0/s1. The van der Waals surface area contributed by atoms with Crippen molar-refractivity contribution in [2.45, 2.75) is 38.5 Å². The van der Waals surface area contributed by atoms with Crippen molar-refractivity contribution in [2.24, 2.45) is 5.73 Å². The van der Waals surface area contributed by atoms with Gasteiger partial charge in [0.2, 0.25) is 5.91 Å². The van der Waals surface area contributed by atoms with E-state index in [9.17, 15) is 9.59 Å². The van der Waals surface area contributed by atoms with Gasteiger partial charge in [0.05, 0.1) is 12.1 Å². The van der Waals surface area contributed by atoms with Crippen LogP contribution < -0.4 is 5.73 Å². The van der Waals surface area contributed by atoms with Gasteiger partial charge in [-0.15, -0.1) is 0 Å². The SMILES string of the molecule is CC(C)(C)OC(=O)CN1C(=O)[C@@H](N)CSC[C@H]1c1ccccc1. The lowest BCUT2D eigenvalue weighted by Gasteiger charge is -2.31. The zero-order valence-electron chi connectivity index (χ0n) is 13.8. The number of carbonyl (C=O) groups is 2. The Kier molecular flexibility index (Phi) is 5.70. The van der Waals surface area contributed by atoms with Crippen LogP contribution in [0.1, 0.15) is 32.4 Å². The molecule has 1 heterocycles. The van der Waals surface area contributed by atoms with Crippen LogP contribution in [-0.2, 0) is 14.3 Å². The Balaban J connectivity index is 2.24. The van der Waals surface area contributed by atoms with Gasteiger partial charge in [-0.2, -0.15) is 11.8 Å². The molecular formula is C17H24N2O3S. The topological polar surface area (TPSA) is 72.6 Å². The number of esters is 1. The summed E-state index contributed by atoms with van der Waals surface area (Å²) in [7, 11) is 0. The fourth-order valence-corrected chi connectivity index (χ4v) is 3.62. The third kappa shape index (κ3) is 4.97. The lowest BCUT2D eigenvalue weighted by molar-refractivity contribution is -0.160. The van der Waals surface area contributed by atoms with Crippen LogP contribution in [0.25, 0.3) is 0 Å². The van der Waals surface area contributed by atoms with Crippen LogP contribution in [0, 0.1) is 0 Å². The molecule has 1 aliphatic heterocycles. The number of nitrogens with zero attached hydrogens (tertiary/aromatic N) is 1. The summed E-state index contributed by atoms with van der Waals surface area (Å²) in [6.07, 6.45) is 0. The number of ether oxygens (including phenoxy) is 1. The van der Waals surface area contributed by atoms with E-state index in [1.165, 1.54) is 0 Å². The van der Waals surface area contributed by atoms with Gasteiger partial charge in [-0.1, -0.05) is 30.3 Å². The molecule has 0 saturated carbocycles. The molecule has 1 saturated heterocycles. The molecule has 126 valence electrons. The highest BCUT2D eigenvalue weighted by atomic mass is 32.2. The first-order valence-electron chi connectivity index (χ1n) is 7.68. The van der Waals surface area contributed by atoms with Gasteiger partial charge in [0.15, 0.2) is 0 Å². The second kappa shape index (κ2) is 7.36. The monoisotopic (exact) mass is 336 g/mol. The maximum atomic E-state index is 12.6. The lowest BCUT2D eigenvalue weighted by atomic mass is 10.1. The van der Waals surface area contributed by atoms with E-state index < -0.39 is 17.6 Å².